The third-order valence-corrected chi connectivity index (χ3v) is 4.20. The minimum atomic E-state index is 0.488. The summed E-state index contributed by atoms with van der Waals surface area (Å²) in [7, 11) is 0. The lowest BCUT2D eigenvalue weighted by molar-refractivity contribution is 0.326. The molecule has 10 heavy (non-hydrogen) atoms. The van der Waals surface area contributed by atoms with Crippen molar-refractivity contribution in [1.29, 1.82) is 0 Å². The Morgan fingerprint density at radius 2 is 1.90 bits per heavy atom. The van der Waals surface area contributed by atoms with E-state index in [0.717, 1.165) is 5.33 Å². The van der Waals surface area contributed by atoms with E-state index >= 15 is 0 Å². The predicted molar refractivity (Wildman–Crippen MR) is 55.2 cm³/mol. The molecule has 0 saturated carbocycles. The van der Waals surface area contributed by atoms with E-state index in [1.54, 1.807) is 0 Å². The Morgan fingerprint density at radius 1 is 1.40 bits per heavy atom. The molecular weight excluding hydrogens is 256 g/mol. The topological polar surface area (TPSA) is 0 Å². The van der Waals surface area contributed by atoms with Crippen LogP contribution in [0.5, 0.6) is 0 Å². The van der Waals surface area contributed by atoms with Crippen molar-refractivity contribution < 1.29 is 0 Å². The fourth-order valence-electron chi connectivity index (χ4n) is 0.798. The molecular formula is C8H16Br2. The highest BCUT2D eigenvalue weighted by Crippen LogP contribution is 2.29. The molecule has 1 atom stereocenters. The standard InChI is InChI=1S/C8H16Br2/c1-4-8(2,3)5-7(10)6-9/h7H,4-6H2,1-3H3. The smallest absolute Gasteiger partial charge is 0.0247 e. The summed E-state index contributed by atoms with van der Waals surface area (Å²) in [6.45, 7) is 6.86. The zero-order valence-corrected chi connectivity index (χ0v) is 10.1. The van der Waals surface area contributed by atoms with Crippen LogP contribution in [0.15, 0.2) is 0 Å². The molecule has 1 unspecified atom stereocenters. The summed E-state index contributed by atoms with van der Waals surface area (Å²) in [6.07, 6.45) is 2.50. The van der Waals surface area contributed by atoms with Gasteiger partial charge in [0, 0.05) is 10.2 Å². The second-order valence-electron chi connectivity index (χ2n) is 3.47. The van der Waals surface area contributed by atoms with Crippen molar-refractivity contribution in [2.24, 2.45) is 5.41 Å². The van der Waals surface area contributed by atoms with Gasteiger partial charge in [0.2, 0.25) is 0 Å². The van der Waals surface area contributed by atoms with Crippen molar-refractivity contribution in [3.63, 3.8) is 0 Å². The fourth-order valence-corrected chi connectivity index (χ4v) is 1.90. The average Bonchev–Trinajstić information content (AvgIpc) is 1.87. The Morgan fingerprint density at radius 3 is 2.20 bits per heavy atom. The normalized spacial score (nSPS) is 15.3. The number of hydrogen-bond acceptors (Lipinski definition) is 0. The molecule has 0 amide bonds. The molecule has 0 aromatic rings. The molecule has 62 valence electrons. The van der Waals surface area contributed by atoms with E-state index < -0.39 is 0 Å². The summed E-state index contributed by atoms with van der Waals surface area (Å²) in [4.78, 5) is 0.627. The third-order valence-electron chi connectivity index (χ3n) is 1.90. The van der Waals surface area contributed by atoms with E-state index in [1.807, 2.05) is 0 Å². The van der Waals surface area contributed by atoms with Crippen LogP contribution in [0.1, 0.15) is 33.6 Å². The summed E-state index contributed by atoms with van der Waals surface area (Å²) in [6, 6.07) is 0. The molecule has 2 heteroatoms. The lowest BCUT2D eigenvalue weighted by Crippen LogP contribution is -2.16. The van der Waals surface area contributed by atoms with E-state index in [-0.39, 0.29) is 0 Å². The van der Waals surface area contributed by atoms with Crippen LogP contribution in [0.3, 0.4) is 0 Å². The second-order valence-corrected chi connectivity index (χ2v) is 5.42. The lowest BCUT2D eigenvalue weighted by Gasteiger charge is -2.24. The minimum absolute atomic E-state index is 0.488. The van der Waals surface area contributed by atoms with Gasteiger partial charge in [-0.1, -0.05) is 59.1 Å². The van der Waals surface area contributed by atoms with Crippen molar-refractivity contribution in [1.82, 2.24) is 0 Å². The van der Waals surface area contributed by atoms with E-state index in [1.165, 1.54) is 12.8 Å². The van der Waals surface area contributed by atoms with Gasteiger partial charge in [-0.3, -0.25) is 0 Å². The van der Waals surface area contributed by atoms with Gasteiger partial charge >= 0.3 is 0 Å². The Bertz CT molecular complexity index is 89.3. The van der Waals surface area contributed by atoms with Crippen LogP contribution < -0.4 is 0 Å². The fraction of sp³-hybridized carbons (Fsp3) is 1.00. The first-order chi connectivity index (χ1) is 4.52. The molecule has 0 saturated heterocycles. The molecule has 0 aromatic carbocycles. The van der Waals surface area contributed by atoms with Gasteiger partial charge < -0.3 is 0 Å². The number of alkyl halides is 2. The van der Waals surface area contributed by atoms with Gasteiger partial charge in [-0.25, -0.2) is 0 Å². The molecule has 0 spiro atoms. The molecule has 0 heterocycles. The van der Waals surface area contributed by atoms with Crippen molar-refractivity contribution in [2.45, 2.75) is 38.4 Å². The first-order valence-electron chi connectivity index (χ1n) is 3.72. The Hall–Kier alpha value is 0.960. The molecule has 0 aliphatic heterocycles. The van der Waals surface area contributed by atoms with Crippen LogP contribution in [0.4, 0.5) is 0 Å². The molecule has 0 aliphatic carbocycles. The maximum atomic E-state index is 3.61. The number of hydrogen-bond donors (Lipinski definition) is 0. The third kappa shape index (κ3) is 4.73. The van der Waals surface area contributed by atoms with Crippen LogP contribution in [0.25, 0.3) is 0 Å². The molecule has 0 rings (SSSR count). The van der Waals surface area contributed by atoms with Gasteiger partial charge in [0.1, 0.15) is 0 Å². The van der Waals surface area contributed by atoms with Crippen LogP contribution in [-0.4, -0.2) is 10.2 Å². The lowest BCUT2D eigenvalue weighted by atomic mass is 9.85. The van der Waals surface area contributed by atoms with Gasteiger partial charge in [-0.15, -0.1) is 0 Å². The average molecular weight is 272 g/mol. The molecule has 0 fully saturated rings. The monoisotopic (exact) mass is 270 g/mol. The number of halogens is 2. The molecule has 0 bridgehead atoms. The minimum Gasteiger partial charge on any atom is -0.0916 e. The first-order valence-corrected chi connectivity index (χ1v) is 5.75. The highest BCUT2D eigenvalue weighted by molar-refractivity contribution is 9.12. The van der Waals surface area contributed by atoms with Crippen molar-refractivity contribution in [3.8, 4) is 0 Å². The molecule has 0 radical (unpaired) electrons. The molecule has 0 aromatic heterocycles. The summed E-state index contributed by atoms with van der Waals surface area (Å²) < 4.78 is 0. The Labute approximate surface area is 81.0 Å². The zero-order valence-electron chi connectivity index (χ0n) is 6.95. The van der Waals surface area contributed by atoms with Crippen LogP contribution in [-0.2, 0) is 0 Å². The first kappa shape index (κ1) is 11.0. The maximum absolute atomic E-state index is 3.61. The highest BCUT2D eigenvalue weighted by atomic mass is 79.9. The van der Waals surface area contributed by atoms with Crippen molar-refractivity contribution in [3.05, 3.63) is 0 Å². The van der Waals surface area contributed by atoms with Gasteiger partial charge in [-0.05, 0) is 11.8 Å². The van der Waals surface area contributed by atoms with Crippen LogP contribution in [0, 0.1) is 5.41 Å². The van der Waals surface area contributed by atoms with Gasteiger partial charge in [0.15, 0.2) is 0 Å². The van der Waals surface area contributed by atoms with Gasteiger partial charge in [0.25, 0.3) is 0 Å². The van der Waals surface area contributed by atoms with Crippen molar-refractivity contribution >= 4 is 31.9 Å². The predicted octanol–water partition coefficient (Wildman–Crippen LogP) is 3.97. The Kier molecular flexibility index (Phi) is 5.22. The molecule has 0 aliphatic rings. The Balaban J connectivity index is 3.64. The largest absolute Gasteiger partial charge is 0.0916 e. The zero-order chi connectivity index (χ0) is 8.20. The van der Waals surface area contributed by atoms with E-state index in [0.29, 0.717) is 10.2 Å². The van der Waals surface area contributed by atoms with E-state index in [9.17, 15) is 0 Å². The summed E-state index contributed by atoms with van der Waals surface area (Å²) in [5.41, 5.74) is 0.488. The highest BCUT2D eigenvalue weighted by Gasteiger charge is 2.18. The second kappa shape index (κ2) is 4.76. The quantitative estimate of drug-likeness (QED) is 0.679. The van der Waals surface area contributed by atoms with Crippen LogP contribution in [0.2, 0.25) is 0 Å². The summed E-state index contributed by atoms with van der Waals surface area (Å²) >= 11 is 7.06. The van der Waals surface area contributed by atoms with Crippen molar-refractivity contribution in [2.75, 3.05) is 5.33 Å². The molecule has 0 nitrogen and oxygen atoms in total. The van der Waals surface area contributed by atoms with E-state index in [2.05, 4.69) is 52.6 Å². The van der Waals surface area contributed by atoms with Gasteiger partial charge in [-0.2, -0.15) is 0 Å². The van der Waals surface area contributed by atoms with Gasteiger partial charge in [0.05, 0.1) is 0 Å². The summed E-state index contributed by atoms with van der Waals surface area (Å²) in [5, 5.41) is 1.05. The maximum Gasteiger partial charge on any atom is 0.0247 e. The van der Waals surface area contributed by atoms with Crippen LogP contribution >= 0.6 is 31.9 Å². The summed E-state index contributed by atoms with van der Waals surface area (Å²) in [5.74, 6) is 0. The SMILES string of the molecule is CCC(C)(C)CC(Br)CBr. The van der Waals surface area contributed by atoms with E-state index in [4.69, 9.17) is 0 Å². The molecule has 0 N–H and O–H groups in total. The number of rotatable bonds is 4.